The zero-order chi connectivity index (χ0) is 16.8. The molecule has 1 atom stereocenters. The Labute approximate surface area is 136 Å². The topological polar surface area (TPSA) is 43.7 Å². The lowest BCUT2D eigenvalue weighted by atomic mass is 9.89. The van der Waals surface area contributed by atoms with E-state index < -0.39 is 5.60 Å². The first kappa shape index (κ1) is 15.9. The number of methoxy groups -OCH3 is 1. The van der Waals surface area contributed by atoms with Gasteiger partial charge in [-0.2, -0.15) is 0 Å². The molecule has 5 heteroatoms. The lowest BCUT2D eigenvalue weighted by Crippen LogP contribution is -2.39. The van der Waals surface area contributed by atoms with Gasteiger partial charge in [-0.25, -0.2) is 0 Å². The highest BCUT2D eigenvalue weighted by Crippen LogP contribution is 2.41. The number of aryl methyl sites for hydroxylation is 1. The van der Waals surface area contributed by atoms with Crippen molar-refractivity contribution in [1.29, 1.82) is 0 Å². The van der Waals surface area contributed by atoms with Crippen molar-refractivity contribution >= 4 is 16.8 Å². The van der Waals surface area contributed by atoms with E-state index in [-0.39, 0.29) is 5.91 Å². The highest BCUT2D eigenvalue weighted by molar-refractivity contribution is 5.88. The van der Waals surface area contributed by atoms with Crippen LogP contribution in [-0.4, -0.2) is 43.2 Å². The van der Waals surface area contributed by atoms with Gasteiger partial charge >= 0.3 is 0 Å². The van der Waals surface area contributed by atoms with E-state index in [9.17, 15) is 4.79 Å². The number of carbonyl (C=O) groups excluding carboxylic acids is 1. The highest BCUT2D eigenvalue weighted by Gasteiger charge is 2.39. The van der Waals surface area contributed by atoms with Gasteiger partial charge in [0.25, 0.3) is 0 Å². The summed E-state index contributed by atoms with van der Waals surface area (Å²) in [5.74, 6) is 0.923. The van der Waals surface area contributed by atoms with Crippen LogP contribution in [0, 0.1) is 0 Å². The second-order valence-electron chi connectivity index (χ2n) is 6.56. The summed E-state index contributed by atoms with van der Waals surface area (Å²) < 4.78 is 13.6. The van der Waals surface area contributed by atoms with Crippen molar-refractivity contribution in [1.82, 2.24) is 9.47 Å². The summed E-state index contributed by atoms with van der Waals surface area (Å²) in [6, 6.07) is 6.12. The fourth-order valence-corrected chi connectivity index (χ4v) is 3.58. The Balaban J connectivity index is 2.16. The molecule has 2 heterocycles. The molecule has 5 nitrogen and oxygen atoms in total. The Morgan fingerprint density at radius 3 is 2.83 bits per heavy atom. The van der Waals surface area contributed by atoms with E-state index in [1.54, 1.807) is 26.1 Å². The van der Waals surface area contributed by atoms with Crippen molar-refractivity contribution in [2.45, 2.75) is 25.4 Å². The van der Waals surface area contributed by atoms with Gasteiger partial charge in [0, 0.05) is 32.0 Å². The maximum Gasteiger partial charge on any atom is 0.225 e. The number of amides is 1. The predicted molar refractivity (Wildman–Crippen MR) is 89.8 cm³/mol. The maximum absolute atomic E-state index is 12.3. The van der Waals surface area contributed by atoms with Crippen LogP contribution in [0.15, 0.2) is 18.2 Å². The lowest BCUT2D eigenvalue weighted by Gasteiger charge is -2.35. The van der Waals surface area contributed by atoms with Crippen LogP contribution in [0.2, 0.25) is 0 Å². The third-order valence-electron chi connectivity index (χ3n) is 4.77. The fraction of sp³-hybridized carbons (Fsp3) is 0.500. The normalized spacial score (nSPS) is 20.4. The van der Waals surface area contributed by atoms with E-state index >= 15 is 0 Å². The molecule has 124 valence electrons. The molecule has 0 saturated heterocycles. The number of benzene rings is 1. The molecule has 1 aliphatic heterocycles. The standard InChI is InChI=1S/C18H24N2O3/c1-18(11-16(21)19(2)3)17-13(8-9-23-18)14-10-12(22-5)6-7-15(14)20(17)4/h6-7,10H,8-9,11H2,1-5H3. The zero-order valence-electron chi connectivity index (χ0n) is 14.5. The van der Waals surface area contributed by atoms with Crippen LogP contribution in [0.1, 0.15) is 24.6 Å². The largest absolute Gasteiger partial charge is 0.497 e. The van der Waals surface area contributed by atoms with E-state index in [0.29, 0.717) is 13.0 Å². The predicted octanol–water partition coefficient (Wildman–Crippen LogP) is 2.45. The van der Waals surface area contributed by atoms with Gasteiger partial charge in [-0.3, -0.25) is 4.79 Å². The number of rotatable bonds is 3. The number of hydrogen-bond donors (Lipinski definition) is 0. The van der Waals surface area contributed by atoms with Crippen LogP contribution >= 0.6 is 0 Å². The fourth-order valence-electron chi connectivity index (χ4n) is 3.58. The van der Waals surface area contributed by atoms with Gasteiger partial charge < -0.3 is 18.9 Å². The minimum Gasteiger partial charge on any atom is -0.497 e. The van der Waals surface area contributed by atoms with E-state index in [4.69, 9.17) is 9.47 Å². The molecule has 1 aromatic heterocycles. The molecule has 1 unspecified atom stereocenters. The third kappa shape index (κ3) is 2.49. The Morgan fingerprint density at radius 2 is 2.17 bits per heavy atom. The average Bonchev–Trinajstić information content (AvgIpc) is 2.81. The molecular formula is C18H24N2O3. The first-order chi connectivity index (χ1) is 10.9. The lowest BCUT2D eigenvalue weighted by molar-refractivity contribution is -0.138. The Morgan fingerprint density at radius 1 is 1.43 bits per heavy atom. The molecule has 2 aromatic rings. The number of aromatic nitrogens is 1. The first-order valence-corrected chi connectivity index (χ1v) is 7.87. The molecule has 23 heavy (non-hydrogen) atoms. The molecule has 0 saturated carbocycles. The van der Waals surface area contributed by atoms with Gasteiger partial charge in [-0.15, -0.1) is 0 Å². The van der Waals surface area contributed by atoms with Crippen LogP contribution in [0.25, 0.3) is 10.9 Å². The molecule has 1 aromatic carbocycles. The van der Waals surface area contributed by atoms with Crippen molar-refractivity contribution in [3.8, 4) is 5.75 Å². The van der Waals surface area contributed by atoms with Crippen LogP contribution in [0.5, 0.6) is 5.75 Å². The van der Waals surface area contributed by atoms with Crippen molar-refractivity contribution in [3.05, 3.63) is 29.5 Å². The summed E-state index contributed by atoms with van der Waals surface area (Å²) >= 11 is 0. The smallest absolute Gasteiger partial charge is 0.225 e. The summed E-state index contributed by atoms with van der Waals surface area (Å²) in [4.78, 5) is 13.9. The summed E-state index contributed by atoms with van der Waals surface area (Å²) in [5, 5.41) is 1.19. The summed E-state index contributed by atoms with van der Waals surface area (Å²) in [5.41, 5.74) is 2.91. The second kappa shape index (κ2) is 5.57. The van der Waals surface area contributed by atoms with Gasteiger partial charge in [0.15, 0.2) is 0 Å². The van der Waals surface area contributed by atoms with Crippen molar-refractivity contribution in [2.75, 3.05) is 27.8 Å². The van der Waals surface area contributed by atoms with E-state index in [2.05, 4.69) is 16.7 Å². The minimum absolute atomic E-state index is 0.0724. The summed E-state index contributed by atoms with van der Waals surface area (Å²) in [6.45, 7) is 2.64. The number of fused-ring (bicyclic) bond motifs is 3. The van der Waals surface area contributed by atoms with Crippen molar-refractivity contribution in [2.24, 2.45) is 7.05 Å². The Kier molecular flexibility index (Phi) is 3.84. The Hall–Kier alpha value is -2.01. The van der Waals surface area contributed by atoms with Crippen LogP contribution in [0.4, 0.5) is 0 Å². The molecule has 0 N–H and O–H groups in total. The van der Waals surface area contributed by atoms with E-state index in [1.165, 1.54) is 10.9 Å². The van der Waals surface area contributed by atoms with Crippen molar-refractivity contribution in [3.63, 3.8) is 0 Å². The Bertz CT molecular complexity index is 763. The van der Waals surface area contributed by atoms with Crippen LogP contribution < -0.4 is 4.74 Å². The molecule has 0 aliphatic carbocycles. The monoisotopic (exact) mass is 316 g/mol. The van der Waals surface area contributed by atoms with Crippen LogP contribution in [0.3, 0.4) is 0 Å². The molecule has 3 rings (SSSR count). The van der Waals surface area contributed by atoms with Gasteiger partial charge in [0.05, 0.1) is 25.8 Å². The number of hydrogen-bond acceptors (Lipinski definition) is 3. The molecule has 0 bridgehead atoms. The molecular weight excluding hydrogens is 292 g/mol. The average molecular weight is 316 g/mol. The van der Waals surface area contributed by atoms with Gasteiger partial charge in [-0.05, 0) is 37.1 Å². The van der Waals surface area contributed by atoms with Gasteiger partial charge in [-0.1, -0.05) is 0 Å². The first-order valence-electron chi connectivity index (χ1n) is 7.87. The molecule has 0 radical (unpaired) electrons. The SMILES string of the molecule is COc1ccc2c(c1)c1c(n2C)C(C)(CC(=O)N(C)C)OCC1. The quantitative estimate of drug-likeness (QED) is 0.873. The maximum atomic E-state index is 12.3. The number of carbonyl (C=O) groups is 1. The highest BCUT2D eigenvalue weighted by atomic mass is 16.5. The zero-order valence-corrected chi connectivity index (χ0v) is 14.5. The van der Waals surface area contributed by atoms with Crippen molar-refractivity contribution < 1.29 is 14.3 Å². The van der Waals surface area contributed by atoms with Gasteiger partial charge in [0.1, 0.15) is 11.4 Å². The molecule has 1 amide bonds. The van der Waals surface area contributed by atoms with Crippen LogP contribution in [-0.2, 0) is 28.6 Å². The van der Waals surface area contributed by atoms with Gasteiger partial charge in [0.2, 0.25) is 5.91 Å². The number of nitrogens with zero attached hydrogens (tertiary/aromatic N) is 2. The number of ether oxygens (including phenoxy) is 2. The van der Waals surface area contributed by atoms with E-state index in [1.807, 2.05) is 20.0 Å². The second-order valence-corrected chi connectivity index (χ2v) is 6.56. The third-order valence-corrected chi connectivity index (χ3v) is 4.77. The molecule has 1 aliphatic rings. The minimum atomic E-state index is -0.601. The van der Waals surface area contributed by atoms with E-state index in [0.717, 1.165) is 23.4 Å². The summed E-state index contributed by atoms with van der Waals surface area (Å²) in [7, 11) is 7.28. The summed E-state index contributed by atoms with van der Waals surface area (Å²) in [6.07, 6.45) is 1.19. The molecule has 0 spiro atoms. The molecule has 0 fully saturated rings.